The van der Waals surface area contributed by atoms with Crippen molar-refractivity contribution in [2.24, 2.45) is 0 Å². The smallest absolute Gasteiger partial charge is 0.164 e. The van der Waals surface area contributed by atoms with Crippen molar-refractivity contribution in [1.29, 1.82) is 0 Å². The molecule has 0 aliphatic heterocycles. The molecular formula is C50H32N6. The SMILES string of the molecule is c1ccc(-c2nc(-c3ccc(-c4ncccc4-n4c5ccccc5c5ccccc54)cc3)nc(-c3cccc(-n4c5ccccc5c5ccccc54)c3)n2)cc1. The van der Waals surface area contributed by atoms with Gasteiger partial charge in [-0.05, 0) is 48.5 Å². The number of hydrogen-bond donors (Lipinski definition) is 0. The second-order valence-corrected chi connectivity index (χ2v) is 13.9. The number of rotatable bonds is 6. The highest BCUT2D eigenvalue weighted by Gasteiger charge is 2.18. The molecule has 0 spiro atoms. The molecule has 11 rings (SSSR count). The number of para-hydroxylation sites is 4. The largest absolute Gasteiger partial charge is 0.309 e. The fourth-order valence-corrected chi connectivity index (χ4v) is 8.09. The van der Waals surface area contributed by atoms with E-state index in [9.17, 15) is 0 Å². The van der Waals surface area contributed by atoms with Crippen LogP contribution in [0.15, 0.2) is 194 Å². The van der Waals surface area contributed by atoms with Gasteiger partial charge >= 0.3 is 0 Å². The van der Waals surface area contributed by atoms with Gasteiger partial charge in [0.05, 0.1) is 33.4 Å². The molecule has 0 amide bonds. The molecule has 4 heterocycles. The van der Waals surface area contributed by atoms with Crippen LogP contribution in [0, 0.1) is 0 Å². The number of pyridine rings is 1. The van der Waals surface area contributed by atoms with Crippen LogP contribution >= 0.6 is 0 Å². The third kappa shape index (κ3) is 5.19. The summed E-state index contributed by atoms with van der Waals surface area (Å²) in [5.41, 5.74) is 11.3. The first-order valence-corrected chi connectivity index (χ1v) is 18.7. The molecule has 0 unspecified atom stereocenters. The zero-order valence-corrected chi connectivity index (χ0v) is 30.2. The first-order chi connectivity index (χ1) is 27.8. The summed E-state index contributed by atoms with van der Waals surface area (Å²) in [4.78, 5) is 20.1. The Hall–Kier alpha value is -7.70. The van der Waals surface area contributed by atoms with Gasteiger partial charge in [-0.1, -0.05) is 140 Å². The quantitative estimate of drug-likeness (QED) is 0.172. The Labute approximate surface area is 322 Å². The van der Waals surface area contributed by atoms with E-state index in [0.29, 0.717) is 17.5 Å². The molecule has 0 fully saturated rings. The molecule has 0 atom stereocenters. The predicted octanol–water partition coefficient (Wildman–Crippen LogP) is 12.1. The van der Waals surface area contributed by atoms with Crippen molar-refractivity contribution in [3.8, 4) is 56.8 Å². The highest BCUT2D eigenvalue weighted by molar-refractivity contribution is 6.10. The molecule has 56 heavy (non-hydrogen) atoms. The van der Waals surface area contributed by atoms with E-state index >= 15 is 0 Å². The van der Waals surface area contributed by atoms with Crippen molar-refractivity contribution in [3.05, 3.63) is 194 Å². The minimum atomic E-state index is 0.603. The van der Waals surface area contributed by atoms with Crippen LogP contribution in [0.4, 0.5) is 0 Å². The third-order valence-electron chi connectivity index (χ3n) is 10.6. The van der Waals surface area contributed by atoms with Crippen LogP contribution in [-0.4, -0.2) is 29.1 Å². The van der Waals surface area contributed by atoms with Crippen molar-refractivity contribution >= 4 is 43.6 Å². The van der Waals surface area contributed by atoms with Crippen LogP contribution in [0.2, 0.25) is 0 Å². The van der Waals surface area contributed by atoms with Gasteiger partial charge in [-0.15, -0.1) is 0 Å². The topological polar surface area (TPSA) is 61.4 Å². The van der Waals surface area contributed by atoms with Crippen LogP contribution < -0.4 is 0 Å². The fourth-order valence-electron chi connectivity index (χ4n) is 8.09. The molecule has 0 radical (unpaired) electrons. The second-order valence-electron chi connectivity index (χ2n) is 13.9. The highest BCUT2D eigenvalue weighted by atomic mass is 15.0. The van der Waals surface area contributed by atoms with E-state index in [-0.39, 0.29) is 0 Å². The average Bonchev–Trinajstić information content (AvgIpc) is 3.80. The van der Waals surface area contributed by atoms with Crippen molar-refractivity contribution in [2.45, 2.75) is 0 Å². The van der Waals surface area contributed by atoms with Gasteiger partial charge in [0.25, 0.3) is 0 Å². The van der Waals surface area contributed by atoms with E-state index < -0.39 is 0 Å². The van der Waals surface area contributed by atoms with Crippen LogP contribution in [0.3, 0.4) is 0 Å². The van der Waals surface area contributed by atoms with Crippen LogP contribution in [0.25, 0.3) is 100 Å². The number of benzene rings is 7. The van der Waals surface area contributed by atoms with Gasteiger partial charge in [0.2, 0.25) is 0 Å². The molecule has 4 aromatic heterocycles. The number of fused-ring (bicyclic) bond motifs is 6. The molecule has 0 saturated heterocycles. The maximum absolute atomic E-state index is 5.12. The van der Waals surface area contributed by atoms with Gasteiger partial charge in [-0.3, -0.25) is 4.98 Å². The van der Waals surface area contributed by atoms with E-state index in [0.717, 1.165) is 61.4 Å². The summed E-state index contributed by atoms with van der Waals surface area (Å²) in [7, 11) is 0. The first kappa shape index (κ1) is 31.8. The summed E-state index contributed by atoms with van der Waals surface area (Å²) in [5.74, 6) is 1.83. The molecule has 0 bridgehead atoms. The second kappa shape index (κ2) is 13.0. The lowest BCUT2D eigenvalue weighted by Gasteiger charge is -2.13. The highest BCUT2D eigenvalue weighted by Crippen LogP contribution is 2.37. The summed E-state index contributed by atoms with van der Waals surface area (Å²) in [6.07, 6.45) is 1.86. The number of aromatic nitrogens is 6. The van der Waals surface area contributed by atoms with E-state index in [1.165, 1.54) is 21.5 Å². The normalized spacial score (nSPS) is 11.6. The zero-order valence-electron chi connectivity index (χ0n) is 30.2. The van der Waals surface area contributed by atoms with Gasteiger partial charge < -0.3 is 9.13 Å². The predicted molar refractivity (Wildman–Crippen MR) is 228 cm³/mol. The van der Waals surface area contributed by atoms with Crippen molar-refractivity contribution in [2.75, 3.05) is 0 Å². The maximum atomic E-state index is 5.12. The Morgan fingerprint density at radius 3 is 1.34 bits per heavy atom. The fraction of sp³-hybridized carbons (Fsp3) is 0. The van der Waals surface area contributed by atoms with E-state index in [2.05, 4.69) is 161 Å². The molecular weight excluding hydrogens is 685 g/mol. The Morgan fingerprint density at radius 1 is 0.321 bits per heavy atom. The van der Waals surface area contributed by atoms with Gasteiger partial charge in [-0.2, -0.15) is 0 Å². The summed E-state index contributed by atoms with van der Waals surface area (Å²) < 4.78 is 4.64. The standard InChI is InChI=1S/C50H32N6/c1-2-14-34(15-3-1)48-52-49(54-50(53-48)36-16-12-17-37(32-36)55-42-22-8-4-18-38(42)39-19-5-9-23-43(39)55)35-29-27-33(28-30-35)47-46(26-13-31-51-47)56-44-24-10-6-20-40(44)41-21-7-11-25-45(41)56/h1-32H. The molecule has 262 valence electrons. The number of hydrogen-bond acceptors (Lipinski definition) is 4. The summed E-state index contributed by atoms with van der Waals surface area (Å²) in [5, 5.41) is 4.87. The lowest BCUT2D eigenvalue weighted by atomic mass is 10.1. The van der Waals surface area contributed by atoms with Crippen LogP contribution in [0.5, 0.6) is 0 Å². The lowest BCUT2D eigenvalue weighted by Crippen LogP contribution is -2.01. The Kier molecular flexibility index (Phi) is 7.38. The van der Waals surface area contributed by atoms with Crippen molar-refractivity contribution in [3.63, 3.8) is 0 Å². The Bertz CT molecular complexity index is 3140. The molecule has 0 aliphatic carbocycles. The number of nitrogens with zero attached hydrogens (tertiary/aromatic N) is 6. The van der Waals surface area contributed by atoms with Crippen molar-refractivity contribution in [1.82, 2.24) is 29.1 Å². The molecule has 0 N–H and O–H groups in total. The molecule has 7 aromatic carbocycles. The zero-order chi connectivity index (χ0) is 37.0. The lowest BCUT2D eigenvalue weighted by molar-refractivity contribution is 1.07. The van der Waals surface area contributed by atoms with Crippen molar-refractivity contribution < 1.29 is 0 Å². The van der Waals surface area contributed by atoms with E-state index in [1.54, 1.807) is 0 Å². The van der Waals surface area contributed by atoms with Gasteiger partial charge in [0.15, 0.2) is 17.5 Å². The van der Waals surface area contributed by atoms with Crippen LogP contribution in [-0.2, 0) is 0 Å². The van der Waals surface area contributed by atoms with E-state index in [1.807, 2.05) is 42.6 Å². The summed E-state index contributed by atoms with van der Waals surface area (Å²) in [6.45, 7) is 0. The average molecular weight is 717 g/mol. The molecule has 6 heteroatoms. The Balaban J connectivity index is 1.03. The summed E-state index contributed by atoms with van der Waals surface area (Å²) in [6, 6.07) is 65.4. The van der Waals surface area contributed by atoms with Gasteiger partial charge in [0, 0.05) is 55.7 Å². The molecule has 0 saturated carbocycles. The first-order valence-electron chi connectivity index (χ1n) is 18.7. The Morgan fingerprint density at radius 2 is 0.768 bits per heavy atom. The van der Waals surface area contributed by atoms with Crippen LogP contribution in [0.1, 0.15) is 0 Å². The summed E-state index contributed by atoms with van der Waals surface area (Å²) >= 11 is 0. The third-order valence-corrected chi connectivity index (χ3v) is 10.6. The molecule has 6 nitrogen and oxygen atoms in total. The van der Waals surface area contributed by atoms with Gasteiger partial charge in [-0.25, -0.2) is 15.0 Å². The molecule has 0 aliphatic rings. The minimum Gasteiger partial charge on any atom is -0.309 e. The van der Waals surface area contributed by atoms with E-state index in [4.69, 9.17) is 19.9 Å². The van der Waals surface area contributed by atoms with Gasteiger partial charge in [0.1, 0.15) is 0 Å². The minimum absolute atomic E-state index is 0.603. The molecule has 11 aromatic rings. The maximum Gasteiger partial charge on any atom is 0.164 e. The monoisotopic (exact) mass is 716 g/mol.